The van der Waals surface area contributed by atoms with Crippen molar-refractivity contribution in [2.24, 2.45) is 11.1 Å². The van der Waals surface area contributed by atoms with Gasteiger partial charge in [-0.05, 0) is 19.3 Å². The Balaban J connectivity index is 2.09. The maximum atomic E-state index is 11.4. The first kappa shape index (κ1) is 8.97. The van der Waals surface area contributed by atoms with Crippen LogP contribution in [0.3, 0.4) is 0 Å². The van der Waals surface area contributed by atoms with Crippen LogP contribution < -0.4 is 5.73 Å². The lowest BCUT2D eigenvalue weighted by molar-refractivity contribution is -0.145. The van der Waals surface area contributed by atoms with Gasteiger partial charge in [0.15, 0.2) is 0 Å². The summed E-state index contributed by atoms with van der Waals surface area (Å²) in [6, 6.07) is 0. The van der Waals surface area contributed by atoms with Crippen LogP contribution in [-0.4, -0.2) is 31.8 Å². The molecule has 0 amide bonds. The lowest BCUT2D eigenvalue weighted by Gasteiger charge is -2.25. The van der Waals surface area contributed by atoms with Gasteiger partial charge in [-0.1, -0.05) is 0 Å². The normalized spacial score (nSPS) is 43.2. The molecule has 2 aliphatic rings. The standard InChI is InChI=1S/C9H15NO3/c1-12-7(11)9(10)5-8(9)3-2-4-13-6-8/h2-6,10H2,1H3/t8-,9+/m1/s1. The highest BCUT2D eigenvalue weighted by atomic mass is 16.5. The number of hydrogen-bond donors (Lipinski definition) is 1. The van der Waals surface area contributed by atoms with Gasteiger partial charge in [0.05, 0.1) is 13.7 Å². The molecule has 0 bridgehead atoms. The summed E-state index contributed by atoms with van der Waals surface area (Å²) in [6.45, 7) is 1.40. The Morgan fingerprint density at radius 3 is 2.92 bits per heavy atom. The van der Waals surface area contributed by atoms with Crippen LogP contribution in [0.5, 0.6) is 0 Å². The van der Waals surface area contributed by atoms with Gasteiger partial charge in [-0.2, -0.15) is 0 Å². The van der Waals surface area contributed by atoms with E-state index in [9.17, 15) is 4.79 Å². The largest absolute Gasteiger partial charge is 0.468 e. The van der Waals surface area contributed by atoms with Crippen LogP contribution in [0.1, 0.15) is 19.3 Å². The average molecular weight is 185 g/mol. The molecule has 0 unspecified atom stereocenters. The molecule has 13 heavy (non-hydrogen) atoms. The highest BCUT2D eigenvalue weighted by molar-refractivity contribution is 5.86. The van der Waals surface area contributed by atoms with Crippen LogP contribution >= 0.6 is 0 Å². The fraction of sp³-hybridized carbons (Fsp3) is 0.889. The highest BCUT2D eigenvalue weighted by Gasteiger charge is 2.70. The van der Waals surface area contributed by atoms with Gasteiger partial charge in [0.1, 0.15) is 5.54 Å². The number of carbonyl (C=O) groups is 1. The van der Waals surface area contributed by atoms with Crippen LogP contribution in [0.4, 0.5) is 0 Å². The second-order valence-corrected chi connectivity index (χ2v) is 4.08. The predicted octanol–water partition coefficient (Wildman–Crippen LogP) is 0.0574. The molecule has 2 atom stereocenters. The Labute approximate surface area is 77.4 Å². The third-order valence-corrected chi connectivity index (χ3v) is 3.31. The van der Waals surface area contributed by atoms with Crippen LogP contribution in [0.2, 0.25) is 0 Å². The topological polar surface area (TPSA) is 61.5 Å². The number of esters is 1. The number of carbonyl (C=O) groups excluding carboxylic acids is 1. The van der Waals surface area contributed by atoms with Gasteiger partial charge in [-0.3, -0.25) is 4.79 Å². The van der Waals surface area contributed by atoms with E-state index in [4.69, 9.17) is 10.5 Å². The number of ether oxygens (including phenoxy) is 2. The highest BCUT2D eigenvalue weighted by Crippen LogP contribution is 2.59. The Kier molecular flexibility index (Phi) is 1.85. The molecule has 0 aromatic rings. The summed E-state index contributed by atoms with van der Waals surface area (Å²) in [5, 5.41) is 0. The molecule has 0 radical (unpaired) electrons. The first-order chi connectivity index (χ1) is 6.15. The number of hydrogen-bond acceptors (Lipinski definition) is 4. The minimum absolute atomic E-state index is 0.113. The SMILES string of the molecule is COC(=O)[C@@]1(N)C[C@@]12CCCOC2. The van der Waals surface area contributed by atoms with Crippen molar-refractivity contribution in [1.29, 1.82) is 0 Å². The molecule has 2 N–H and O–H groups in total. The lowest BCUT2D eigenvalue weighted by Crippen LogP contribution is -2.43. The van der Waals surface area contributed by atoms with Crippen molar-refractivity contribution in [2.45, 2.75) is 24.8 Å². The average Bonchev–Trinajstić information content (AvgIpc) is 2.72. The van der Waals surface area contributed by atoms with E-state index < -0.39 is 5.54 Å². The molecule has 4 heteroatoms. The van der Waals surface area contributed by atoms with Crippen molar-refractivity contribution in [3.8, 4) is 0 Å². The molecule has 0 aromatic heterocycles. The molecule has 0 aromatic carbocycles. The van der Waals surface area contributed by atoms with E-state index in [0.29, 0.717) is 13.0 Å². The summed E-state index contributed by atoms with van der Waals surface area (Å²) in [5.41, 5.74) is 5.08. The molecule has 1 heterocycles. The molecule has 1 saturated heterocycles. The zero-order valence-electron chi connectivity index (χ0n) is 7.84. The van der Waals surface area contributed by atoms with Crippen molar-refractivity contribution < 1.29 is 14.3 Å². The first-order valence-corrected chi connectivity index (χ1v) is 4.60. The van der Waals surface area contributed by atoms with Crippen molar-refractivity contribution in [2.75, 3.05) is 20.3 Å². The number of methoxy groups -OCH3 is 1. The van der Waals surface area contributed by atoms with Gasteiger partial charge in [0.2, 0.25) is 0 Å². The summed E-state index contributed by atoms with van der Waals surface area (Å²) in [6.07, 6.45) is 2.70. The zero-order valence-corrected chi connectivity index (χ0v) is 7.84. The van der Waals surface area contributed by atoms with E-state index >= 15 is 0 Å². The van der Waals surface area contributed by atoms with Crippen molar-refractivity contribution in [3.05, 3.63) is 0 Å². The Morgan fingerprint density at radius 2 is 2.38 bits per heavy atom. The Morgan fingerprint density at radius 1 is 1.62 bits per heavy atom. The van der Waals surface area contributed by atoms with Gasteiger partial charge in [0, 0.05) is 12.0 Å². The van der Waals surface area contributed by atoms with Crippen molar-refractivity contribution in [1.82, 2.24) is 0 Å². The van der Waals surface area contributed by atoms with E-state index in [1.807, 2.05) is 0 Å². The first-order valence-electron chi connectivity index (χ1n) is 4.60. The van der Waals surface area contributed by atoms with Crippen LogP contribution in [0.25, 0.3) is 0 Å². The van der Waals surface area contributed by atoms with Gasteiger partial charge in [-0.25, -0.2) is 0 Å². The van der Waals surface area contributed by atoms with Gasteiger partial charge in [-0.15, -0.1) is 0 Å². The molecule has 1 aliphatic heterocycles. The summed E-state index contributed by atoms with van der Waals surface area (Å²) in [5.74, 6) is -0.294. The van der Waals surface area contributed by atoms with Crippen LogP contribution in [-0.2, 0) is 14.3 Å². The summed E-state index contributed by atoms with van der Waals surface area (Å²) < 4.78 is 10.0. The van der Waals surface area contributed by atoms with Crippen LogP contribution in [0.15, 0.2) is 0 Å². The minimum Gasteiger partial charge on any atom is -0.468 e. The van der Waals surface area contributed by atoms with Crippen LogP contribution in [0, 0.1) is 5.41 Å². The predicted molar refractivity (Wildman–Crippen MR) is 46.0 cm³/mol. The third-order valence-electron chi connectivity index (χ3n) is 3.31. The van der Waals surface area contributed by atoms with E-state index in [0.717, 1.165) is 19.4 Å². The molecule has 2 fully saturated rings. The Hall–Kier alpha value is -0.610. The zero-order chi connectivity index (χ0) is 9.53. The molecular formula is C9H15NO3. The lowest BCUT2D eigenvalue weighted by atomic mass is 9.93. The minimum atomic E-state index is -0.762. The van der Waals surface area contributed by atoms with E-state index in [2.05, 4.69) is 4.74 Å². The van der Waals surface area contributed by atoms with Gasteiger partial charge >= 0.3 is 5.97 Å². The summed E-state index contributed by atoms with van der Waals surface area (Å²) >= 11 is 0. The summed E-state index contributed by atoms with van der Waals surface area (Å²) in [4.78, 5) is 11.4. The summed E-state index contributed by atoms with van der Waals surface area (Å²) in [7, 11) is 1.38. The van der Waals surface area contributed by atoms with Gasteiger partial charge in [0.25, 0.3) is 0 Å². The molecule has 1 saturated carbocycles. The maximum absolute atomic E-state index is 11.4. The number of rotatable bonds is 1. The fourth-order valence-corrected chi connectivity index (χ4v) is 2.30. The van der Waals surface area contributed by atoms with Crippen molar-refractivity contribution >= 4 is 5.97 Å². The number of nitrogens with two attached hydrogens (primary N) is 1. The Bertz CT molecular complexity index is 235. The molecule has 1 aliphatic carbocycles. The van der Waals surface area contributed by atoms with Crippen molar-refractivity contribution in [3.63, 3.8) is 0 Å². The maximum Gasteiger partial charge on any atom is 0.326 e. The molecular weight excluding hydrogens is 170 g/mol. The molecule has 4 nitrogen and oxygen atoms in total. The smallest absolute Gasteiger partial charge is 0.326 e. The quantitative estimate of drug-likeness (QED) is 0.587. The second kappa shape index (κ2) is 2.69. The van der Waals surface area contributed by atoms with Gasteiger partial charge < -0.3 is 15.2 Å². The van der Waals surface area contributed by atoms with E-state index in [-0.39, 0.29) is 11.4 Å². The molecule has 2 rings (SSSR count). The van der Waals surface area contributed by atoms with E-state index in [1.54, 1.807) is 0 Å². The fourth-order valence-electron chi connectivity index (χ4n) is 2.30. The monoisotopic (exact) mass is 185 g/mol. The molecule has 74 valence electrons. The molecule has 1 spiro atoms. The third kappa shape index (κ3) is 1.09. The second-order valence-electron chi connectivity index (χ2n) is 4.08. The van der Waals surface area contributed by atoms with E-state index in [1.165, 1.54) is 7.11 Å².